The van der Waals surface area contributed by atoms with Gasteiger partial charge in [0.2, 0.25) is 0 Å². The maximum Gasteiger partial charge on any atom is 0.0942 e. The quantitative estimate of drug-likeness (QED) is 0.754. The maximum absolute atomic E-state index is 6.04. The normalized spacial score (nSPS) is 10.8. The fourth-order valence-corrected chi connectivity index (χ4v) is 3.03. The Morgan fingerprint density at radius 3 is 3.00 bits per heavy atom. The lowest BCUT2D eigenvalue weighted by Gasteiger charge is -2.12. The van der Waals surface area contributed by atoms with Gasteiger partial charge in [0.15, 0.2) is 0 Å². The van der Waals surface area contributed by atoms with E-state index in [9.17, 15) is 0 Å². The van der Waals surface area contributed by atoms with E-state index in [1.54, 1.807) is 17.5 Å². The zero-order valence-electron chi connectivity index (χ0n) is 10.6. The Morgan fingerprint density at radius 2 is 2.20 bits per heavy atom. The number of pyridine rings is 1. The molecule has 102 valence electrons. The number of aromatic nitrogens is 2. The van der Waals surface area contributed by atoms with E-state index in [0.29, 0.717) is 5.69 Å². The molecule has 0 amide bonds. The van der Waals surface area contributed by atoms with Crippen LogP contribution in [0.2, 0.25) is 0 Å². The molecule has 20 heavy (non-hydrogen) atoms. The fourth-order valence-electron chi connectivity index (χ4n) is 2.05. The largest absolute Gasteiger partial charge is 0.396 e. The maximum atomic E-state index is 6.04. The summed E-state index contributed by atoms with van der Waals surface area (Å²) in [5, 5.41) is 7.54. The average molecular weight is 349 g/mol. The highest BCUT2D eigenvalue weighted by Crippen LogP contribution is 2.30. The molecule has 2 aromatic heterocycles. The minimum absolute atomic E-state index is 0.662. The summed E-state index contributed by atoms with van der Waals surface area (Å²) in [6, 6.07) is 5.99. The third-order valence-electron chi connectivity index (χ3n) is 2.98. The van der Waals surface area contributed by atoms with Crippen molar-refractivity contribution in [3.63, 3.8) is 0 Å². The molecule has 0 spiro atoms. The summed E-state index contributed by atoms with van der Waals surface area (Å²) in [4.78, 5) is 8.62. The summed E-state index contributed by atoms with van der Waals surface area (Å²) in [5.41, 5.74) is 8.57. The van der Waals surface area contributed by atoms with Crippen LogP contribution < -0.4 is 11.1 Å². The van der Waals surface area contributed by atoms with E-state index < -0.39 is 0 Å². The first-order valence-electron chi connectivity index (χ1n) is 6.20. The summed E-state index contributed by atoms with van der Waals surface area (Å²) in [6.45, 7) is 0.795. The number of thiazole rings is 1. The van der Waals surface area contributed by atoms with Crippen LogP contribution in [0, 0.1) is 0 Å². The van der Waals surface area contributed by atoms with Crippen molar-refractivity contribution in [2.24, 2.45) is 0 Å². The molecular formula is C14H13BrN4S. The van der Waals surface area contributed by atoms with Crippen molar-refractivity contribution in [3.05, 3.63) is 45.5 Å². The highest BCUT2D eigenvalue weighted by Gasteiger charge is 2.07. The number of benzene rings is 1. The Morgan fingerprint density at radius 1 is 1.30 bits per heavy atom. The first-order chi connectivity index (χ1) is 9.74. The molecule has 3 rings (SSSR count). The van der Waals surface area contributed by atoms with E-state index in [2.05, 4.69) is 31.2 Å². The van der Waals surface area contributed by atoms with E-state index >= 15 is 0 Å². The van der Waals surface area contributed by atoms with Crippen molar-refractivity contribution < 1.29 is 0 Å². The second kappa shape index (κ2) is 5.76. The third-order valence-corrected chi connectivity index (χ3v) is 4.32. The lowest BCUT2D eigenvalue weighted by Crippen LogP contribution is -2.07. The van der Waals surface area contributed by atoms with Gasteiger partial charge in [-0.3, -0.25) is 4.98 Å². The Kier molecular flexibility index (Phi) is 3.84. The van der Waals surface area contributed by atoms with Crippen molar-refractivity contribution in [3.8, 4) is 0 Å². The number of hydrogen-bond acceptors (Lipinski definition) is 5. The Balaban J connectivity index is 1.86. The zero-order valence-corrected chi connectivity index (χ0v) is 13.0. The van der Waals surface area contributed by atoms with Crippen LogP contribution in [0.1, 0.15) is 5.01 Å². The summed E-state index contributed by atoms with van der Waals surface area (Å²) < 4.78 is 1.01. The second-order valence-corrected chi connectivity index (χ2v) is 6.25. The van der Waals surface area contributed by atoms with Gasteiger partial charge in [-0.05, 0) is 18.2 Å². The molecule has 0 aliphatic heterocycles. The highest BCUT2D eigenvalue weighted by atomic mass is 79.9. The smallest absolute Gasteiger partial charge is 0.0942 e. The minimum Gasteiger partial charge on any atom is -0.396 e. The highest BCUT2D eigenvalue weighted by molar-refractivity contribution is 9.10. The van der Waals surface area contributed by atoms with Crippen molar-refractivity contribution in [2.75, 3.05) is 17.6 Å². The van der Waals surface area contributed by atoms with Crippen molar-refractivity contribution in [2.45, 2.75) is 6.42 Å². The summed E-state index contributed by atoms with van der Waals surface area (Å²) in [7, 11) is 0. The number of rotatable bonds is 4. The first-order valence-corrected chi connectivity index (χ1v) is 7.87. The van der Waals surface area contributed by atoms with Crippen molar-refractivity contribution >= 4 is 49.5 Å². The molecule has 0 aliphatic carbocycles. The van der Waals surface area contributed by atoms with Gasteiger partial charge < -0.3 is 11.1 Å². The van der Waals surface area contributed by atoms with Crippen LogP contribution in [-0.4, -0.2) is 16.5 Å². The van der Waals surface area contributed by atoms with Crippen LogP contribution in [0.3, 0.4) is 0 Å². The monoisotopic (exact) mass is 348 g/mol. The molecule has 0 unspecified atom stereocenters. The van der Waals surface area contributed by atoms with E-state index in [-0.39, 0.29) is 0 Å². The van der Waals surface area contributed by atoms with Crippen LogP contribution in [0.15, 0.2) is 40.4 Å². The van der Waals surface area contributed by atoms with Crippen LogP contribution >= 0.6 is 27.3 Å². The molecule has 1 aromatic carbocycles. The predicted molar refractivity (Wildman–Crippen MR) is 88.2 cm³/mol. The number of nitrogens with zero attached hydrogens (tertiary/aromatic N) is 2. The molecule has 0 radical (unpaired) electrons. The van der Waals surface area contributed by atoms with Gasteiger partial charge in [0.1, 0.15) is 0 Å². The Bertz CT molecular complexity index is 722. The number of halogens is 1. The van der Waals surface area contributed by atoms with Gasteiger partial charge in [0, 0.05) is 34.4 Å². The lowest BCUT2D eigenvalue weighted by molar-refractivity contribution is 1.000. The second-order valence-electron chi connectivity index (χ2n) is 4.35. The topological polar surface area (TPSA) is 63.8 Å². The van der Waals surface area contributed by atoms with Gasteiger partial charge in [-0.1, -0.05) is 15.9 Å². The zero-order chi connectivity index (χ0) is 13.9. The van der Waals surface area contributed by atoms with E-state index in [0.717, 1.165) is 39.0 Å². The number of fused-ring (bicyclic) bond motifs is 1. The van der Waals surface area contributed by atoms with E-state index in [1.807, 2.05) is 29.8 Å². The molecule has 3 N–H and O–H groups in total. The average Bonchev–Trinajstić information content (AvgIpc) is 2.94. The molecule has 6 heteroatoms. The van der Waals surface area contributed by atoms with Gasteiger partial charge in [-0.2, -0.15) is 0 Å². The fraction of sp³-hybridized carbons (Fsp3) is 0.143. The molecule has 3 aromatic rings. The van der Waals surface area contributed by atoms with Gasteiger partial charge in [0.25, 0.3) is 0 Å². The Labute approximate surface area is 129 Å². The van der Waals surface area contributed by atoms with E-state index in [1.165, 1.54) is 0 Å². The SMILES string of the molecule is Nc1cnc2ccc(Br)cc2c1NCCc1nccs1. The van der Waals surface area contributed by atoms with Gasteiger partial charge in [-0.15, -0.1) is 11.3 Å². The first kappa shape index (κ1) is 13.3. The molecule has 0 atom stereocenters. The standard InChI is InChI=1S/C14H13BrN4S/c15-9-1-2-12-10(7-9)14(11(16)8-19-12)18-4-3-13-17-5-6-20-13/h1-2,5-8H,3-4,16H2,(H,18,19). The molecule has 2 heterocycles. The number of nitrogens with one attached hydrogen (secondary N) is 1. The predicted octanol–water partition coefficient (Wildman–Crippen LogP) is 3.69. The summed E-state index contributed by atoms with van der Waals surface area (Å²) in [6.07, 6.45) is 4.41. The van der Waals surface area contributed by atoms with Gasteiger partial charge >= 0.3 is 0 Å². The molecule has 0 bridgehead atoms. The molecule has 0 saturated heterocycles. The van der Waals surface area contributed by atoms with Crippen LogP contribution in [0.4, 0.5) is 11.4 Å². The summed E-state index contributed by atoms with van der Waals surface area (Å²) >= 11 is 5.15. The molecular weight excluding hydrogens is 336 g/mol. The third kappa shape index (κ3) is 2.76. The van der Waals surface area contributed by atoms with Crippen molar-refractivity contribution in [1.29, 1.82) is 0 Å². The summed E-state index contributed by atoms with van der Waals surface area (Å²) in [5.74, 6) is 0. The van der Waals surface area contributed by atoms with E-state index in [4.69, 9.17) is 5.73 Å². The van der Waals surface area contributed by atoms with Crippen LogP contribution in [0.25, 0.3) is 10.9 Å². The number of nitrogens with two attached hydrogens (primary N) is 1. The number of anilines is 2. The lowest BCUT2D eigenvalue weighted by atomic mass is 10.1. The number of nitrogen functional groups attached to an aromatic ring is 1. The van der Waals surface area contributed by atoms with Crippen LogP contribution in [0.5, 0.6) is 0 Å². The van der Waals surface area contributed by atoms with Crippen LogP contribution in [-0.2, 0) is 6.42 Å². The molecule has 0 saturated carbocycles. The molecule has 0 aliphatic rings. The molecule has 0 fully saturated rings. The minimum atomic E-state index is 0.662. The van der Waals surface area contributed by atoms with Gasteiger partial charge in [-0.25, -0.2) is 4.98 Å². The van der Waals surface area contributed by atoms with Crippen molar-refractivity contribution in [1.82, 2.24) is 9.97 Å². The van der Waals surface area contributed by atoms with Gasteiger partial charge in [0.05, 0.1) is 28.1 Å². The Hall–Kier alpha value is -1.66. The number of hydrogen-bond donors (Lipinski definition) is 2. The molecule has 4 nitrogen and oxygen atoms in total.